The summed E-state index contributed by atoms with van der Waals surface area (Å²) in [6, 6.07) is -6.17. The molecular formula is C17H28N6O10. The number of carboxylic acid groups (broad SMARTS) is 2. The van der Waals surface area contributed by atoms with Crippen LogP contribution in [0.4, 0.5) is 0 Å². The van der Waals surface area contributed by atoms with Crippen LogP contribution < -0.4 is 33.2 Å². The number of hydrogen-bond donors (Lipinski definition) is 9. The second kappa shape index (κ2) is 14.3. The van der Waals surface area contributed by atoms with Gasteiger partial charge in [0.05, 0.1) is 19.1 Å². The predicted molar refractivity (Wildman–Crippen MR) is 108 cm³/mol. The van der Waals surface area contributed by atoms with Gasteiger partial charge in [-0.25, -0.2) is 4.79 Å². The molecule has 0 saturated heterocycles. The highest BCUT2D eigenvalue weighted by atomic mass is 16.4. The first kappa shape index (κ1) is 29.2. The third-order valence-corrected chi connectivity index (χ3v) is 4.15. The van der Waals surface area contributed by atoms with Gasteiger partial charge in [-0.15, -0.1) is 0 Å². The number of aliphatic hydroxyl groups excluding tert-OH is 1. The summed E-state index contributed by atoms with van der Waals surface area (Å²) in [6.45, 7) is -0.943. The molecule has 16 heteroatoms. The van der Waals surface area contributed by atoms with Gasteiger partial charge in [0.15, 0.2) is 0 Å². The van der Waals surface area contributed by atoms with E-state index >= 15 is 0 Å². The SMILES string of the molecule is NC(=O)CCC(NC(=O)C(CO)NC(=O)C(N)CC(N)=O)C(=O)NC(CCC(=O)O)C(=O)O. The van der Waals surface area contributed by atoms with E-state index in [9.17, 15) is 38.7 Å². The highest BCUT2D eigenvalue weighted by Gasteiger charge is 2.30. The van der Waals surface area contributed by atoms with Gasteiger partial charge in [-0.1, -0.05) is 0 Å². The van der Waals surface area contributed by atoms with Gasteiger partial charge < -0.3 is 48.5 Å². The zero-order valence-corrected chi connectivity index (χ0v) is 17.5. The number of nitrogens with two attached hydrogens (primary N) is 3. The number of amides is 5. The van der Waals surface area contributed by atoms with Crippen molar-refractivity contribution in [3.05, 3.63) is 0 Å². The van der Waals surface area contributed by atoms with E-state index in [2.05, 4.69) is 10.6 Å². The van der Waals surface area contributed by atoms with Crippen molar-refractivity contribution in [2.45, 2.75) is 56.3 Å². The molecule has 0 bridgehead atoms. The standard InChI is InChI=1S/C17H28N6O10/c18-7(5-12(20)26)14(29)23-10(6-24)16(31)21-8(1-3-11(19)25)15(30)22-9(17(32)33)2-4-13(27)28/h7-10,24H,1-6,18H2,(H2,19,25)(H2,20,26)(H,21,31)(H,22,30)(H,23,29)(H,27,28)(H,32,33). The Morgan fingerprint density at radius 3 is 1.64 bits per heavy atom. The minimum Gasteiger partial charge on any atom is -0.481 e. The zero-order chi connectivity index (χ0) is 25.7. The fraction of sp³-hybridized carbons (Fsp3) is 0.588. The van der Waals surface area contributed by atoms with E-state index in [-0.39, 0.29) is 6.42 Å². The van der Waals surface area contributed by atoms with Gasteiger partial charge in [0, 0.05) is 12.8 Å². The van der Waals surface area contributed by atoms with Crippen molar-refractivity contribution >= 4 is 41.5 Å². The molecule has 0 rings (SSSR count). The monoisotopic (exact) mass is 476 g/mol. The van der Waals surface area contributed by atoms with Crippen LogP contribution in [-0.2, 0) is 33.6 Å². The van der Waals surface area contributed by atoms with E-state index in [1.54, 1.807) is 0 Å². The molecule has 12 N–H and O–H groups in total. The number of carbonyl (C=O) groups is 7. The van der Waals surface area contributed by atoms with Crippen molar-refractivity contribution in [2.24, 2.45) is 17.2 Å². The Balaban J connectivity index is 5.36. The molecule has 4 unspecified atom stereocenters. The molecule has 16 nitrogen and oxygen atoms in total. The fourth-order valence-electron chi connectivity index (χ4n) is 2.41. The minimum absolute atomic E-state index is 0.370. The molecule has 0 aliphatic carbocycles. The largest absolute Gasteiger partial charge is 0.481 e. The smallest absolute Gasteiger partial charge is 0.326 e. The summed E-state index contributed by atoms with van der Waals surface area (Å²) in [7, 11) is 0. The molecule has 0 aromatic rings. The lowest BCUT2D eigenvalue weighted by atomic mass is 10.1. The summed E-state index contributed by atoms with van der Waals surface area (Å²) in [6.07, 6.45) is -2.34. The number of aliphatic hydroxyl groups is 1. The van der Waals surface area contributed by atoms with E-state index in [0.29, 0.717) is 0 Å². The molecule has 0 saturated carbocycles. The molecule has 0 heterocycles. The number of aliphatic carboxylic acids is 2. The number of primary amides is 2. The lowest BCUT2D eigenvalue weighted by Crippen LogP contribution is -2.58. The zero-order valence-electron chi connectivity index (χ0n) is 17.5. The third kappa shape index (κ3) is 12.0. The summed E-state index contributed by atoms with van der Waals surface area (Å²) in [5.74, 6) is -7.73. The van der Waals surface area contributed by atoms with Crippen LogP contribution in [0.5, 0.6) is 0 Å². The van der Waals surface area contributed by atoms with E-state index in [1.807, 2.05) is 5.32 Å². The van der Waals surface area contributed by atoms with Crippen LogP contribution in [0.15, 0.2) is 0 Å². The molecule has 186 valence electrons. The van der Waals surface area contributed by atoms with Gasteiger partial charge in [0.25, 0.3) is 0 Å². The number of hydrogen-bond acceptors (Lipinski definition) is 9. The maximum Gasteiger partial charge on any atom is 0.326 e. The quantitative estimate of drug-likeness (QED) is 0.101. The minimum atomic E-state index is -1.62. The van der Waals surface area contributed by atoms with Crippen LogP contribution >= 0.6 is 0 Å². The highest BCUT2D eigenvalue weighted by Crippen LogP contribution is 2.03. The van der Waals surface area contributed by atoms with Gasteiger partial charge in [-0.2, -0.15) is 0 Å². The first-order chi connectivity index (χ1) is 15.3. The summed E-state index contributed by atoms with van der Waals surface area (Å²) in [5, 5.41) is 33.5. The van der Waals surface area contributed by atoms with Gasteiger partial charge in [0.2, 0.25) is 29.5 Å². The second-order valence-electron chi connectivity index (χ2n) is 6.92. The van der Waals surface area contributed by atoms with E-state index in [4.69, 9.17) is 27.4 Å². The highest BCUT2D eigenvalue weighted by molar-refractivity contribution is 5.95. The molecule has 0 spiro atoms. The molecule has 33 heavy (non-hydrogen) atoms. The van der Waals surface area contributed by atoms with Crippen molar-refractivity contribution in [1.82, 2.24) is 16.0 Å². The van der Waals surface area contributed by atoms with Crippen LogP contribution in [0.2, 0.25) is 0 Å². The van der Waals surface area contributed by atoms with E-state index in [1.165, 1.54) is 0 Å². The van der Waals surface area contributed by atoms with Crippen LogP contribution in [0.1, 0.15) is 32.1 Å². The maximum absolute atomic E-state index is 12.5. The molecular weight excluding hydrogens is 448 g/mol. The Bertz CT molecular complexity index is 773. The lowest BCUT2D eigenvalue weighted by Gasteiger charge is -2.24. The normalized spacial score (nSPS) is 14.1. The van der Waals surface area contributed by atoms with Crippen molar-refractivity contribution in [2.75, 3.05) is 6.61 Å². The Kier molecular flexibility index (Phi) is 12.7. The van der Waals surface area contributed by atoms with Gasteiger partial charge >= 0.3 is 11.9 Å². The van der Waals surface area contributed by atoms with Crippen molar-refractivity contribution < 1.29 is 48.9 Å². The summed E-state index contributed by atoms with van der Waals surface area (Å²) in [5.41, 5.74) is 15.4. The maximum atomic E-state index is 12.5. The number of carbonyl (C=O) groups excluding carboxylic acids is 5. The van der Waals surface area contributed by atoms with Crippen LogP contribution in [-0.4, -0.2) is 87.6 Å². The second-order valence-corrected chi connectivity index (χ2v) is 6.92. The number of nitrogens with one attached hydrogen (secondary N) is 3. The van der Waals surface area contributed by atoms with Crippen molar-refractivity contribution in [1.29, 1.82) is 0 Å². The molecule has 5 amide bonds. The average Bonchev–Trinajstić information content (AvgIpc) is 2.70. The Hall–Kier alpha value is -3.79. The molecule has 0 aliphatic rings. The van der Waals surface area contributed by atoms with Crippen molar-refractivity contribution in [3.63, 3.8) is 0 Å². The number of carboxylic acids is 2. The van der Waals surface area contributed by atoms with Crippen molar-refractivity contribution in [3.8, 4) is 0 Å². The first-order valence-electron chi connectivity index (χ1n) is 9.57. The van der Waals surface area contributed by atoms with E-state index in [0.717, 1.165) is 0 Å². The molecule has 0 aromatic carbocycles. The van der Waals surface area contributed by atoms with Gasteiger partial charge in [-0.3, -0.25) is 28.8 Å². The Labute approximate surface area is 187 Å². The first-order valence-corrected chi connectivity index (χ1v) is 9.57. The Morgan fingerprint density at radius 2 is 1.18 bits per heavy atom. The summed E-state index contributed by atoms with van der Waals surface area (Å²) >= 11 is 0. The third-order valence-electron chi connectivity index (χ3n) is 4.15. The van der Waals surface area contributed by atoms with Crippen LogP contribution in [0.3, 0.4) is 0 Å². The van der Waals surface area contributed by atoms with Crippen LogP contribution in [0.25, 0.3) is 0 Å². The average molecular weight is 476 g/mol. The fourth-order valence-corrected chi connectivity index (χ4v) is 2.41. The van der Waals surface area contributed by atoms with Gasteiger partial charge in [0.1, 0.15) is 18.1 Å². The Morgan fingerprint density at radius 1 is 0.697 bits per heavy atom. The lowest BCUT2D eigenvalue weighted by molar-refractivity contribution is -0.143. The van der Waals surface area contributed by atoms with Crippen LogP contribution in [0, 0.1) is 0 Å². The molecule has 0 aliphatic heterocycles. The molecule has 4 atom stereocenters. The number of rotatable bonds is 16. The summed E-state index contributed by atoms with van der Waals surface area (Å²) < 4.78 is 0. The molecule has 0 radical (unpaired) electrons. The molecule has 0 aromatic heterocycles. The summed E-state index contributed by atoms with van der Waals surface area (Å²) in [4.78, 5) is 80.8. The molecule has 0 fully saturated rings. The predicted octanol–water partition coefficient (Wildman–Crippen LogP) is -5.15. The van der Waals surface area contributed by atoms with E-state index < -0.39 is 97.9 Å². The van der Waals surface area contributed by atoms with Gasteiger partial charge in [-0.05, 0) is 12.8 Å². The topological polar surface area (TPSA) is 294 Å².